The molecule has 3 nitrogen and oxygen atoms in total. The summed E-state index contributed by atoms with van der Waals surface area (Å²) in [6.07, 6.45) is 0. The molecular formula is C15H14N2OS2. The topological polar surface area (TPSA) is 52.0 Å². The molecule has 0 spiro atoms. The second-order valence-corrected chi connectivity index (χ2v) is 6.43. The Morgan fingerprint density at radius 3 is 2.65 bits per heavy atom. The van der Waals surface area contributed by atoms with Crippen LogP contribution in [0.1, 0.15) is 0 Å². The zero-order chi connectivity index (χ0) is 13.8. The second-order valence-electron chi connectivity index (χ2n) is 4.22. The number of nitrogens with zero attached hydrogens (tertiary/aromatic N) is 1. The van der Waals surface area contributed by atoms with Crippen molar-refractivity contribution in [3.8, 4) is 0 Å². The normalized spacial score (nSPS) is 11.0. The maximum Gasteiger partial charge on any atom is 0.256 e. The molecule has 0 aliphatic rings. The van der Waals surface area contributed by atoms with Gasteiger partial charge in [0.15, 0.2) is 5.58 Å². The van der Waals surface area contributed by atoms with Gasteiger partial charge in [0.2, 0.25) is 0 Å². The van der Waals surface area contributed by atoms with Crippen LogP contribution in [-0.4, -0.2) is 16.5 Å². The number of fused-ring (bicyclic) bond motifs is 1. The van der Waals surface area contributed by atoms with Crippen LogP contribution in [0.2, 0.25) is 0 Å². The van der Waals surface area contributed by atoms with E-state index in [1.165, 1.54) is 4.90 Å². The minimum Gasteiger partial charge on any atom is -0.431 e. The fraction of sp³-hybridized carbons (Fsp3) is 0.133. The Hall–Kier alpha value is -1.59. The Morgan fingerprint density at radius 1 is 1.00 bits per heavy atom. The Kier molecular flexibility index (Phi) is 4.18. The van der Waals surface area contributed by atoms with Gasteiger partial charge in [-0.1, -0.05) is 30.0 Å². The first-order valence-corrected chi connectivity index (χ1v) is 8.25. The van der Waals surface area contributed by atoms with Gasteiger partial charge in [-0.25, -0.2) is 4.98 Å². The third-order valence-corrected chi connectivity index (χ3v) is 4.81. The molecule has 20 heavy (non-hydrogen) atoms. The summed E-state index contributed by atoms with van der Waals surface area (Å²) < 4.78 is 5.66. The molecule has 0 aliphatic heterocycles. The first-order chi connectivity index (χ1) is 9.81. The molecule has 0 aliphatic carbocycles. The van der Waals surface area contributed by atoms with Gasteiger partial charge >= 0.3 is 0 Å². The van der Waals surface area contributed by atoms with E-state index in [-0.39, 0.29) is 0 Å². The molecule has 0 amide bonds. The van der Waals surface area contributed by atoms with Crippen LogP contribution >= 0.6 is 23.5 Å². The Labute approximate surface area is 126 Å². The van der Waals surface area contributed by atoms with Crippen LogP contribution in [0.4, 0.5) is 5.69 Å². The van der Waals surface area contributed by atoms with Gasteiger partial charge in [-0.05, 0) is 30.3 Å². The molecule has 0 radical (unpaired) electrons. The number of oxazole rings is 1. The van der Waals surface area contributed by atoms with Gasteiger partial charge in [0, 0.05) is 22.1 Å². The van der Waals surface area contributed by atoms with Crippen molar-refractivity contribution < 1.29 is 4.42 Å². The average Bonchev–Trinajstić information content (AvgIpc) is 2.86. The van der Waals surface area contributed by atoms with E-state index in [4.69, 9.17) is 10.2 Å². The molecule has 3 aromatic rings. The maximum absolute atomic E-state index is 5.73. The van der Waals surface area contributed by atoms with E-state index in [9.17, 15) is 0 Å². The summed E-state index contributed by atoms with van der Waals surface area (Å²) >= 11 is 3.47. The molecule has 0 fully saturated rings. The van der Waals surface area contributed by atoms with E-state index < -0.39 is 0 Å². The summed E-state index contributed by atoms with van der Waals surface area (Å²) in [7, 11) is 0. The van der Waals surface area contributed by atoms with E-state index >= 15 is 0 Å². The quantitative estimate of drug-likeness (QED) is 0.433. The van der Waals surface area contributed by atoms with Crippen molar-refractivity contribution in [2.75, 3.05) is 17.2 Å². The molecule has 3 rings (SSSR count). The third kappa shape index (κ3) is 3.29. The van der Waals surface area contributed by atoms with Gasteiger partial charge in [-0.2, -0.15) is 0 Å². The smallest absolute Gasteiger partial charge is 0.256 e. The lowest BCUT2D eigenvalue weighted by Crippen LogP contribution is -1.84. The molecule has 2 N–H and O–H groups in total. The number of nitrogen functional groups attached to an aromatic ring is 1. The van der Waals surface area contributed by atoms with Gasteiger partial charge in [-0.15, -0.1) is 11.8 Å². The minimum absolute atomic E-state index is 0.708. The number of nitrogens with two attached hydrogens (primary N) is 1. The van der Waals surface area contributed by atoms with Crippen molar-refractivity contribution in [3.63, 3.8) is 0 Å². The zero-order valence-corrected chi connectivity index (χ0v) is 12.4. The summed E-state index contributed by atoms with van der Waals surface area (Å²) in [5.74, 6) is 1.98. The van der Waals surface area contributed by atoms with Gasteiger partial charge in [0.1, 0.15) is 5.52 Å². The van der Waals surface area contributed by atoms with Crippen LogP contribution in [0.3, 0.4) is 0 Å². The molecule has 0 bridgehead atoms. The predicted molar refractivity (Wildman–Crippen MR) is 86.3 cm³/mol. The highest BCUT2D eigenvalue weighted by Gasteiger charge is 2.06. The Morgan fingerprint density at radius 2 is 1.80 bits per heavy atom. The Bertz CT molecular complexity index is 697. The Balaban J connectivity index is 1.55. The average molecular weight is 302 g/mol. The summed E-state index contributed by atoms with van der Waals surface area (Å²) in [4.78, 5) is 5.72. The van der Waals surface area contributed by atoms with E-state index in [1.54, 1.807) is 11.8 Å². The fourth-order valence-corrected chi connectivity index (χ4v) is 3.53. The number of hydrogen-bond donors (Lipinski definition) is 1. The maximum atomic E-state index is 5.73. The molecule has 0 unspecified atom stereocenters. The molecule has 0 saturated heterocycles. The summed E-state index contributed by atoms with van der Waals surface area (Å²) in [6.45, 7) is 0. The van der Waals surface area contributed by atoms with Gasteiger partial charge in [0.05, 0.1) is 0 Å². The van der Waals surface area contributed by atoms with Crippen LogP contribution < -0.4 is 5.73 Å². The van der Waals surface area contributed by atoms with Gasteiger partial charge < -0.3 is 10.2 Å². The molecule has 0 atom stereocenters. The van der Waals surface area contributed by atoms with Gasteiger partial charge in [-0.3, -0.25) is 0 Å². The molecule has 5 heteroatoms. The lowest BCUT2D eigenvalue weighted by atomic mass is 10.3. The first kappa shape index (κ1) is 13.4. The number of aromatic nitrogens is 1. The van der Waals surface area contributed by atoms with E-state index in [2.05, 4.69) is 29.2 Å². The van der Waals surface area contributed by atoms with E-state index in [1.807, 2.05) is 36.0 Å². The molecule has 0 saturated carbocycles. The van der Waals surface area contributed by atoms with Crippen molar-refractivity contribution in [2.24, 2.45) is 0 Å². The molecule has 1 heterocycles. The third-order valence-electron chi connectivity index (χ3n) is 2.71. The van der Waals surface area contributed by atoms with E-state index in [0.717, 1.165) is 22.6 Å². The van der Waals surface area contributed by atoms with Crippen molar-refractivity contribution in [1.82, 2.24) is 4.98 Å². The van der Waals surface area contributed by atoms with Crippen molar-refractivity contribution >= 4 is 40.3 Å². The number of anilines is 1. The first-order valence-electron chi connectivity index (χ1n) is 6.28. The minimum atomic E-state index is 0.708. The number of hydrogen-bond acceptors (Lipinski definition) is 5. The second kappa shape index (κ2) is 6.24. The number of benzene rings is 2. The van der Waals surface area contributed by atoms with Crippen molar-refractivity contribution in [2.45, 2.75) is 10.1 Å². The van der Waals surface area contributed by atoms with Gasteiger partial charge in [0.25, 0.3) is 5.22 Å². The summed E-state index contributed by atoms with van der Waals surface area (Å²) in [5.41, 5.74) is 8.05. The van der Waals surface area contributed by atoms with E-state index in [0.29, 0.717) is 10.9 Å². The highest BCUT2D eigenvalue weighted by Crippen LogP contribution is 2.26. The van der Waals surface area contributed by atoms with Crippen LogP contribution in [0, 0.1) is 0 Å². The SMILES string of the molecule is Nc1ccc2oc(SCCSc3ccccc3)nc2c1. The highest BCUT2D eigenvalue weighted by molar-refractivity contribution is 8.02. The van der Waals surface area contributed by atoms with Crippen LogP contribution in [0.25, 0.3) is 11.1 Å². The largest absolute Gasteiger partial charge is 0.431 e. The number of rotatable bonds is 5. The van der Waals surface area contributed by atoms with Crippen molar-refractivity contribution in [1.29, 1.82) is 0 Å². The van der Waals surface area contributed by atoms with Crippen LogP contribution in [-0.2, 0) is 0 Å². The van der Waals surface area contributed by atoms with Crippen molar-refractivity contribution in [3.05, 3.63) is 48.5 Å². The predicted octanol–water partition coefficient (Wildman–Crippen LogP) is 4.29. The van der Waals surface area contributed by atoms with Crippen LogP contribution in [0.5, 0.6) is 0 Å². The summed E-state index contributed by atoms with van der Waals surface area (Å²) in [5, 5.41) is 0.708. The monoisotopic (exact) mass is 302 g/mol. The number of thioether (sulfide) groups is 2. The highest BCUT2D eigenvalue weighted by atomic mass is 32.2. The zero-order valence-electron chi connectivity index (χ0n) is 10.8. The summed E-state index contributed by atoms with van der Waals surface area (Å²) in [6, 6.07) is 15.9. The molecular weight excluding hydrogens is 288 g/mol. The lowest BCUT2D eigenvalue weighted by Gasteiger charge is -1.99. The lowest BCUT2D eigenvalue weighted by molar-refractivity contribution is 0.489. The molecule has 2 aromatic carbocycles. The molecule has 102 valence electrons. The fourth-order valence-electron chi connectivity index (χ4n) is 1.79. The van der Waals surface area contributed by atoms with Crippen LogP contribution in [0.15, 0.2) is 63.1 Å². The molecule has 1 aromatic heterocycles. The standard InChI is InChI=1S/C15H14N2OS2/c16-11-6-7-14-13(10-11)17-15(18-14)20-9-8-19-12-4-2-1-3-5-12/h1-7,10H,8-9,16H2.